The fourth-order valence-electron chi connectivity index (χ4n) is 2.94. The molecule has 1 fully saturated rings. The Kier molecular flexibility index (Phi) is 5.94. The maximum absolute atomic E-state index is 12.6. The molecule has 1 aromatic heterocycles. The maximum atomic E-state index is 12.6. The molecule has 1 aliphatic carbocycles. The lowest BCUT2D eigenvalue weighted by atomic mass is 10.1. The van der Waals surface area contributed by atoms with E-state index in [1.165, 1.54) is 23.9 Å². The minimum Gasteiger partial charge on any atom is -0.493 e. The van der Waals surface area contributed by atoms with Gasteiger partial charge < -0.3 is 10.1 Å². The van der Waals surface area contributed by atoms with E-state index in [1.807, 2.05) is 30.3 Å². The third-order valence-electron chi connectivity index (χ3n) is 4.60. The molecule has 0 saturated heterocycles. The van der Waals surface area contributed by atoms with Gasteiger partial charge in [0.25, 0.3) is 5.91 Å². The predicted molar refractivity (Wildman–Crippen MR) is 116 cm³/mol. The summed E-state index contributed by atoms with van der Waals surface area (Å²) in [6.45, 7) is 0.400. The molecule has 1 saturated carbocycles. The quantitative estimate of drug-likeness (QED) is 0.409. The number of carbonyl (C=O) groups is 1. The molecule has 0 radical (unpaired) electrons. The van der Waals surface area contributed by atoms with Gasteiger partial charge in [0.15, 0.2) is 0 Å². The summed E-state index contributed by atoms with van der Waals surface area (Å²) < 4.78 is 28.2. The number of primary sulfonamides is 1. The molecule has 156 valence electrons. The minimum atomic E-state index is -3.71. The second-order valence-corrected chi connectivity index (χ2v) is 9.66. The van der Waals surface area contributed by atoms with Gasteiger partial charge in [-0.2, -0.15) is 0 Å². The standard InChI is InChI=1S/C21H21N3O4S2/c22-30(26,27)16-9-7-15(8-10-16)28-11-12-29-20-13-18(21(25)23-14-5-6-14)17-3-1-2-4-19(17)24-20/h1-4,7-10,13-14H,5-6,11-12H2,(H,23,25)(H2,22,26,27). The van der Waals surface area contributed by atoms with Crippen LogP contribution in [0.2, 0.25) is 0 Å². The Hall–Kier alpha value is -2.62. The molecule has 7 nitrogen and oxygen atoms in total. The van der Waals surface area contributed by atoms with E-state index in [-0.39, 0.29) is 16.8 Å². The van der Waals surface area contributed by atoms with Crippen molar-refractivity contribution in [2.24, 2.45) is 5.14 Å². The van der Waals surface area contributed by atoms with E-state index in [9.17, 15) is 13.2 Å². The number of hydrogen-bond acceptors (Lipinski definition) is 6. The maximum Gasteiger partial charge on any atom is 0.252 e. The summed E-state index contributed by atoms with van der Waals surface area (Å²) in [6.07, 6.45) is 2.07. The molecule has 3 N–H and O–H groups in total. The number of hydrogen-bond donors (Lipinski definition) is 2. The number of carbonyl (C=O) groups excluding carboxylic acids is 1. The third kappa shape index (κ3) is 5.10. The average Bonchev–Trinajstić information content (AvgIpc) is 3.54. The van der Waals surface area contributed by atoms with Crippen LogP contribution in [0, 0.1) is 0 Å². The van der Waals surface area contributed by atoms with Crippen molar-refractivity contribution in [2.75, 3.05) is 12.4 Å². The minimum absolute atomic E-state index is 0.0431. The second kappa shape index (κ2) is 8.63. The Labute approximate surface area is 179 Å². The van der Waals surface area contributed by atoms with Gasteiger partial charge in [0.05, 0.1) is 27.6 Å². The lowest BCUT2D eigenvalue weighted by molar-refractivity contribution is 0.0952. The Morgan fingerprint density at radius 1 is 1.17 bits per heavy atom. The highest BCUT2D eigenvalue weighted by atomic mass is 32.2. The van der Waals surface area contributed by atoms with Crippen molar-refractivity contribution in [2.45, 2.75) is 28.8 Å². The first-order valence-electron chi connectivity index (χ1n) is 9.49. The third-order valence-corrected chi connectivity index (χ3v) is 6.41. The zero-order valence-electron chi connectivity index (χ0n) is 16.1. The number of ether oxygens (including phenoxy) is 1. The molecule has 3 aromatic rings. The first-order valence-corrected chi connectivity index (χ1v) is 12.0. The number of nitrogens with two attached hydrogens (primary N) is 1. The molecule has 1 heterocycles. The molecule has 9 heteroatoms. The molecule has 0 atom stereocenters. The lowest BCUT2D eigenvalue weighted by Gasteiger charge is -2.10. The van der Waals surface area contributed by atoms with Gasteiger partial charge in [-0.3, -0.25) is 4.79 Å². The van der Waals surface area contributed by atoms with Crippen molar-refractivity contribution in [3.05, 3.63) is 60.2 Å². The van der Waals surface area contributed by atoms with E-state index in [2.05, 4.69) is 10.3 Å². The Morgan fingerprint density at radius 3 is 2.60 bits per heavy atom. The van der Waals surface area contributed by atoms with E-state index in [1.54, 1.807) is 12.1 Å². The van der Waals surface area contributed by atoms with E-state index >= 15 is 0 Å². The highest BCUT2D eigenvalue weighted by molar-refractivity contribution is 7.99. The number of benzene rings is 2. The van der Waals surface area contributed by atoms with Crippen molar-refractivity contribution in [3.63, 3.8) is 0 Å². The van der Waals surface area contributed by atoms with Gasteiger partial charge in [0.2, 0.25) is 10.0 Å². The first kappa shape index (κ1) is 20.6. The van der Waals surface area contributed by atoms with E-state index in [0.29, 0.717) is 23.7 Å². The zero-order chi connectivity index (χ0) is 21.1. The highest BCUT2D eigenvalue weighted by Crippen LogP contribution is 2.26. The van der Waals surface area contributed by atoms with Crippen LogP contribution in [-0.4, -0.2) is 37.7 Å². The summed E-state index contributed by atoms with van der Waals surface area (Å²) in [5.74, 6) is 1.11. The number of amides is 1. The van der Waals surface area contributed by atoms with Crippen LogP contribution < -0.4 is 15.2 Å². The molecule has 0 bridgehead atoms. The number of aromatic nitrogens is 1. The smallest absolute Gasteiger partial charge is 0.252 e. The lowest BCUT2D eigenvalue weighted by Crippen LogP contribution is -2.25. The van der Waals surface area contributed by atoms with Crippen molar-refractivity contribution in [3.8, 4) is 5.75 Å². The molecule has 1 aliphatic rings. The second-order valence-electron chi connectivity index (χ2n) is 6.99. The highest BCUT2D eigenvalue weighted by Gasteiger charge is 2.25. The number of fused-ring (bicyclic) bond motifs is 1. The monoisotopic (exact) mass is 443 g/mol. The molecule has 0 unspecified atom stereocenters. The Bertz CT molecular complexity index is 1180. The Morgan fingerprint density at radius 2 is 1.90 bits per heavy atom. The molecular formula is C21H21N3O4S2. The van der Waals surface area contributed by atoms with Gasteiger partial charge in [0, 0.05) is 17.2 Å². The normalized spacial score (nSPS) is 13.9. The van der Waals surface area contributed by atoms with Crippen molar-refractivity contribution >= 4 is 38.6 Å². The van der Waals surface area contributed by atoms with Crippen LogP contribution in [0.3, 0.4) is 0 Å². The summed E-state index contributed by atoms with van der Waals surface area (Å²) in [7, 11) is -3.71. The summed E-state index contributed by atoms with van der Waals surface area (Å²) in [6, 6.07) is 15.7. The van der Waals surface area contributed by atoms with Crippen LogP contribution in [0.4, 0.5) is 0 Å². The Balaban J connectivity index is 1.40. The summed E-state index contributed by atoms with van der Waals surface area (Å²) >= 11 is 1.50. The number of nitrogens with one attached hydrogen (secondary N) is 1. The molecule has 30 heavy (non-hydrogen) atoms. The van der Waals surface area contributed by atoms with Gasteiger partial charge in [-0.05, 0) is 49.2 Å². The van der Waals surface area contributed by atoms with Crippen molar-refractivity contribution < 1.29 is 17.9 Å². The van der Waals surface area contributed by atoms with Gasteiger partial charge in [-0.25, -0.2) is 18.5 Å². The van der Waals surface area contributed by atoms with Crippen LogP contribution in [0.15, 0.2) is 64.5 Å². The number of rotatable bonds is 8. The number of sulfonamides is 1. The molecule has 0 spiro atoms. The fourth-order valence-corrected chi connectivity index (χ4v) is 4.19. The van der Waals surface area contributed by atoms with Gasteiger partial charge >= 0.3 is 0 Å². The molecule has 0 aliphatic heterocycles. The number of thioether (sulfide) groups is 1. The number of para-hydroxylation sites is 1. The zero-order valence-corrected chi connectivity index (χ0v) is 17.7. The molecule has 1 amide bonds. The molecular weight excluding hydrogens is 422 g/mol. The SMILES string of the molecule is NS(=O)(=O)c1ccc(OCCSc2cc(C(=O)NC3CC3)c3ccccc3n2)cc1. The van der Waals surface area contributed by atoms with Gasteiger partial charge in [0.1, 0.15) is 5.75 Å². The van der Waals surface area contributed by atoms with E-state index in [4.69, 9.17) is 9.88 Å². The van der Waals surface area contributed by atoms with Crippen molar-refractivity contribution in [1.82, 2.24) is 10.3 Å². The van der Waals surface area contributed by atoms with E-state index in [0.717, 1.165) is 28.8 Å². The average molecular weight is 444 g/mol. The van der Waals surface area contributed by atoms with Crippen molar-refractivity contribution in [1.29, 1.82) is 0 Å². The first-order chi connectivity index (χ1) is 14.4. The van der Waals surface area contributed by atoms with Crippen LogP contribution in [-0.2, 0) is 10.0 Å². The molecule has 4 rings (SSSR count). The predicted octanol–water partition coefficient (Wildman–Crippen LogP) is 2.95. The van der Waals surface area contributed by atoms with Crippen LogP contribution in [0.25, 0.3) is 10.9 Å². The van der Waals surface area contributed by atoms with Crippen LogP contribution in [0.1, 0.15) is 23.2 Å². The van der Waals surface area contributed by atoms with E-state index < -0.39 is 10.0 Å². The van der Waals surface area contributed by atoms with Gasteiger partial charge in [-0.1, -0.05) is 18.2 Å². The summed E-state index contributed by atoms with van der Waals surface area (Å²) in [5, 5.41) is 9.72. The largest absolute Gasteiger partial charge is 0.493 e. The number of pyridine rings is 1. The topological polar surface area (TPSA) is 111 Å². The number of nitrogens with zero attached hydrogens (tertiary/aromatic N) is 1. The van der Waals surface area contributed by atoms with Gasteiger partial charge in [-0.15, -0.1) is 11.8 Å². The summed E-state index contributed by atoms with van der Waals surface area (Å²) in [4.78, 5) is 17.3. The van der Waals surface area contributed by atoms with Crippen LogP contribution in [0.5, 0.6) is 5.75 Å². The fraction of sp³-hybridized carbons (Fsp3) is 0.238. The summed E-state index contributed by atoms with van der Waals surface area (Å²) in [5.41, 5.74) is 1.41. The molecule has 2 aromatic carbocycles. The van der Waals surface area contributed by atoms with Crippen LogP contribution >= 0.6 is 11.8 Å².